The molecule has 7 rings (SSSR count). The standard InChI is InChI=1S/C45H52N4O2/c1-5-6-7-8-9-10-11-12-13-16-27-49-41-18-15-14-17-38(41)44(3,4)45(49)32-48-43-37-30-36(21-19-35(37)20-22-42(43)51-45)50-31-34-24-26-47-40(29-34)39-28-33(2)23-25-46-39/h14-15,17-26,28-30,32H,5-13,16,27,31H2,1-4H3. The number of hydrogen-bond donors (Lipinski definition) is 0. The van der Waals surface area contributed by atoms with Gasteiger partial charge < -0.3 is 14.4 Å². The minimum atomic E-state index is -0.712. The second-order valence-corrected chi connectivity index (χ2v) is 14.9. The highest BCUT2D eigenvalue weighted by Gasteiger charge is 2.59. The summed E-state index contributed by atoms with van der Waals surface area (Å²) in [5.41, 5.74) is 6.29. The zero-order chi connectivity index (χ0) is 35.3. The van der Waals surface area contributed by atoms with Crippen molar-refractivity contribution in [3.8, 4) is 22.9 Å². The fraction of sp³-hybridized carbons (Fsp3) is 0.400. The van der Waals surface area contributed by atoms with Crippen LogP contribution in [0.5, 0.6) is 11.5 Å². The number of para-hydroxylation sites is 1. The molecule has 0 radical (unpaired) electrons. The molecule has 6 nitrogen and oxygen atoms in total. The van der Waals surface area contributed by atoms with Crippen LogP contribution in [0, 0.1) is 6.92 Å². The Balaban J connectivity index is 1.08. The lowest BCUT2D eigenvalue weighted by molar-refractivity contribution is 0.0774. The number of unbranched alkanes of at least 4 members (excludes halogenated alkanes) is 9. The van der Waals surface area contributed by atoms with E-state index in [1.165, 1.54) is 69.0 Å². The Morgan fingerprint density at radius 2 is 1.45 bits per heavy atom. The highest BCUT2D eigenvalue weighted by Crippen LogP contribution is 2.55. The molecule has 2 aliphatic rings. The molecule has 0 saturated carbocycles. The van der Waals surface area contributed by atoms with Gasteiger partial charge in [0.15, 0.2) is 0 Å². The van der Waals surface area contributed by atoms with E-state index in [2.05, 4.69) is 103 Å². The predicted octanol–water partition coefficient (Wildman–Crippen LogP) is 11.7. The molecule has 264 valence electrons. The molecule has 2 aliphatic heterocycles. The molecule has 0 saturated heterocycles. The van der Waals surface area contributed by atoms with Gasteiger partial charge in [-0.05, 0) is 97.8 Å². The molecule has 1 spiro atoms. The van der Waals surface area contributed by atoms with Crippen molar-refractivity contribution in [3.05, 3.63) is 108 Å². The minimum Gasteiger partial charge on any atom is -0.489 e. The summed E-state index contributed by atoms with van der Waals surface area (Å²) in [5, 5.41) is 2.12. The lowest BCUT2D eigenvalue weighted by Gasteiger charge is -2.46. The number of hydrogen-bond acceptors (Lipinski definition) is 6. The molecule has 1 atom stereocenters. The number of nitrogens with zero attached hydrogens (tertiary/aromatic N) is 4. The Labute approximate surface area is 304 Å². The number of pyridine rings is 2. The van der Waals surface area contributed by atoms with E-state index >= 15 is 0 Å². The summed E-state index contributed by atoms with van der Waals surface area (Å²) < 4.78 is 13.5. The van der Waals surface area contributed by atoms with Crippen molar-refractivity contribution in [3.63, 3.8) is 0 Å². The molecule has 2 aromatic heterocycles. The molecule has 0 bridgehead atoms. The third kappa shape index (κ3) is 7.11. The Kier molecular flexibility index (Phi) is 10.4. The molecule has 0 N–H and O–H groups in total. The van der Waals surface area contributed by atoms with Crippen molar-refractivity contribution in [2.45, 2.75) is 110 Å². The zero-order valence-corrected chi connectivity index (χ0v) is 30.8. The zero-order valence-electron chi connectivity index (χ0n) is 30.8. The number of aliphatic imine (C=N–C) groups is 1. The van der Waals surface area contributed by atoms with E-state index in [1.54, 1.807) is 0 Å². The van der Waals surface area contributed by atoms with Crippen LogP contribution in [0.15, 0.2) is 96.2 Å². The van der Waals surface area contributed by atoms with E-state index in [4.69, 9.17) is 14.5 Å². The fourth-order valence-electron chi connectivity index (χ4n) is 7.87. The monoisotopic (exact) mass is 680 g/mol. The summed E-state index contributed by atoms with van der Waals surface area (Å²) >= 11 is 0. The SMILES string of the molecule is CCCCCCCCCCCCN1c2ccccc2C(C)(C)C12C=Nc1c(ccc3ccc(OCc4ccnc(-c5cc(C)ccn5)c4)cc13)O2. The Hall–Kier alpha value is -4.71. The summed E-state index contributed by atoms with van der Waals surface area (Å²) in [5.74, 6) is 1.59. The van der Waals surface area contributed by atoms with Gasteiger partial charge in [0.2, 0.25) is 5.72 Å². The normalized spacial score (nSPS) is 17.1. The van der Waals surface area contributed by atoms with Gasteiger partial charge in [0.05, 0.1) is 23.0 Å². The van der Waals surface area contributed by atoms with Gasteiger partial charge in [-0.1, -0.05) is 95.0 Å². The van der Waals surface area contributed by atoms with E-state index in [9.17, 15) is 0 Å². The molecule has 0 fully saturated rings. The highest BCUT2D eigenvalue weighted by molar-refractivity contribution is 6.00. The van der Waals surface area contributed by atoms with Gasteiger partial charge in [-0.15, -0.1) is 0 Å². The van der Waals surface area contributed by atoms with Crippen LogP contribution in [0.3, 0.4) is 0 Å². The maximum absolute atomic E-state index is 7.20. The van der Waals surface area contributed by atoms with E-state index in [-0.39, 0.29) is 5.41 Å². The molecule has 3 aromatic carbocycles. The second-order valence-electron chi connectivity index (χ2n) is 14.9. The third-order valence-electron chi connectivity index (χ3n) is 10.9. The molecule has 5 aromatic rings. The molecule has 1 unspecified atom stereocenters. The molecule has 4 heterocycles. The molecule has 0 aliphatic carbocycles. The van der Waals surface area contributed by atoms with E-state index in [1.807, 2.05) is 36.7 Å². The molecular weight excluding hydrogens is 629 g/mol. The number of anilines is 1. The van der Waals surface area contributed by atoms with Crippen LogP contribution >= 0.6 is 0 Å². The first-order valence-electron chi connectivity index (χ1n) is 19.1. The van der Waals surface area contributed by atoms with Crippen molar-refractivity contribution in [1.82, 2.24) is 9.97 Å². The number of rotatable bonds is 15. The van der Waals surface area contributed by atoms with E-state index in [0.717, 1.165) is 63.4 Å². The highest BCUT2D eigenvalue weighted by atomic mass is 16.5. The summed E-state index contributed by atoms with van der Waals surface area (Å²) in [6, 6.07) is 27.3. The summed E-state index contributed by atoms with van der Waals surface area (Å²) in [7, 11) is 0. The molecule has 51 heavy (non-hydrogen) atoms. The topological polar surface area (TPSA) is 59.8 Å². The minimum absolute atomic E-state index is 0.305. The van der Waals surface area contributed by atoms with Crippen LogP contribution in [-0.2, 0) is 12.0 Å². The average Bonchev–Trinajstić information content (AvgIpc) is 3.32. The lowest BCUT2D eigenvalue weighted by atomic mass is 9.77. The first-order chi connectivity index (χ1) is 24.9. The molecular formula is C45H52N4O2. The van der Waals surface area contributed by atoms with Crippen molar-refractivity contribution in [2.75, 3.05) is 11.4 Å². The number of fused-ring (bicyclic) bond motifs is 4. The third-order valence-corrected chi connectivity index (χ3v) is 10.9. The predicted molar refractivity (Wildman–Crippen MR) is 211 cm³/mol. The quantitative estimate of drug-likeness (QED) is 0.103. The van der Waals surface area contributed by atoms with Crippen LogP contribution in [-0.4, -0.2) is 28.5 Å². The maximum Gasteiger partial charge on any atom is 0.228 e. The molecule has 6 heteroatoms. The van der Waals surface area contributed by atoms with Crippen LogP contribution < -0.4 is 14.4 Å². The first-order valence-corrected chi connectivity index (χ1v) is 19.1. The van der Waals surface area contributed by atoms with Crippen molar-refractivity contribution in [1.29, 1.82) is 0 Å². The van der Waals surface area contributed by atoms with Crippen LogP contribution in [0.1, 0.15) is 102 Å². The van der Waals surface area contributed by atoms with Crippen molar-refractivity contribution < 1.29 is 9.47 Å². The van der Waals surface area contributed by atoms with Crippen LogP contribution in [0.25, 0.3) is 22.2 Å². The molecule has 0 amide bonds. The van der Waals surface area contributed by atoms with Gasteiger partial charge in [0.1, 0.15) is 23.8 Å². The van der Waals surface area contributed by atoms with Gasteiger partial charge in [-0.25, -0.2) is 0 Å². The first kappa shape index (κ1) is 34.7. The summed E-state index contributed by atoms with van der Waals surface area (Å²) in [6.07, 6.45) is 18.9. The summed E-state index contributed by atoms with van der Waals surface area (Å²) in [6.45, 7) is 10.3. The van der Waals surface area contributed by atoms with Gasteiger partial charge in [-0.2, -0.15) is 0 Å². The Morgan fingerprint density at radius 3 is 2.24 bits per heavy atom. The lowest BCUT2D eigenvalue weighted by Crippen LogP contribution is -2.62. The average molecular weight is 681 g/mol. The Bertz CT molecular complexity index is 2000. The van der Waals surface area contributed by atoms with Gasteiger partial charge in [-0.3, -0.25) is 15.0 Å². The number of aromatic nitrogens is 2. The van der Waals surface area contributed by atoms with Crippen molar-refractivity contribution >= 4 is 28.4 Å². The fourth-order valence-corrected chi connectivity index (χ4v) is 7.87. The number of benzene rings is 3. The van der Waals surface area contributed by atoms with Crippen molar-refractivity contribution in [2.24, 2.45) is 4.99 Å². The van der Waals surface area contributed by atoms with Gasteiger partial charge >= 0.3 is 0 Å². The maximum atomic E-state index is 7.20. The Morgan fingerprint density at radius 1 is 0.745 bits per heavy atom. The second kappa shape index (κ2) is 15.3. The van der Waals surface area contributed by atoms with Crippen LogP contribution in [0.4, 0.5) is 11.4 Å². The van der Waals surface area contributed by atoms with Crippen LogP contribution in [0.2, 0.25) is 0 Å². The van der Waals surface area contributed by atoms with Gasteiger partial charge in [0.25, 0.3) is 0 Å². The number of aryl methyl sites for hydroxylation is 1. The largest absolute Gasteiger partial charge is 0.489 e. The van der Waals surface area contributed by atoms with Gasteiger partial charge in [0, 0.05) is 30.0 Å². The number of ether oxygens (including phenoxy) is 2. The summed E-state index contributed by atoms with van der Waals surface area (Å²) in [4.78, 5) is 16.8. The van der Waals surface area contributed by atoms with E-state index < -0.39 is 5.72 Å². The smallest absolute Gasteiger partial charge is 0.228 e. The van der Waals surface area contributed by atoms with E-state index in [0.29, 0.717) is 6.61 Å².